The highest BCUT2D eigenvalue weighted by atomic mass is 32.2. The zero-order valence-electron chi connectivity index (χ0n) is 16.0. The quantitative estimate of drug-likeness (QED) is 0.717. The average Bonchev–Trinajstić information content (AvgIpc) is 3.03. The van der Waals surface area contributed by atoms with Gasteiger partial charge in [-0.3, -0.25) is 9.78 Å². The van der Waals surface area contributed by atoms with E-state index in [9.17, 15) is 13.2 Å². The fraction of sp³-hybridized carbons (Fsp3) is 0.273. The molecule has 1 saturated heterocycles. The molecule has 150 valence electrons. The van der Waals surface area contributed by atoms with Gasteiger partial charge in [0.05, 0.1) is 16.2 Å². The first-order valence-corrected chi connectivity index (χ1v) is 11.4. The van der Waals surface area contributed by atoms with Gasteiger partial charge in [0.15, 0.2) is 9.84 Å². The number of amides is 1. The van der Waals surface area contributed by atoms with Crippen LogP contribution in [0.25, 0.3) is 10.9 Å². The molecule has 0 aliphatic carbocycles. The summed E-state index contributed by atoms with van der Waals surface area (Å²) in [5, 5.41) is 4.07. The molecule has 0 saturated carbocycles. The van der Waals surface area contributed by atoms with Crippen molar-refractivity contribution in [2.75, 3.05) is 26.2 Å². The maximum absolute atomic E-state index is 13.0. The molecule has 0 radical (unpaired) electrons. The largest absolute Gasteiger partial charge is 0.337 e. The Morgan fingerprint density at radius 2 is 1.79 bits per heavy atom. The highest BCUT2D eigenvalue weighted by Crippen LogP contribution is 2.24. The molecule has 1 aliphatic rings. The lowest BCUT2D eigenvalue weighted by Gasteiger charge is -2.20. The number of aromatic nitrogens is 1. The molecule has 1 fully saturated rings. The van der Waals surface area contributed by atoms with Crippen LogP contribution in [0.15, 0.2) is 65.7 Å². The number of hydrogen-bond acceptors (Lipinski definition) is 5. The summed E-state index contributed by atoms with van der Waals surface area (Å²) in [6.07, 6.45) is 2.53. The van der Waals surface area contributed by atoms with E-state index in [0.717, 1.165) is 31.4 Å². The third kappa shape index (κ3) is 4.31. The van der Waals surface area contributed by atoms with Crippen molar-refractivity contribution in [1.82, 2.24) is 15.2 Å². The van der Waals surface area contributed by atoms with E-state index < -0.39 is 9.84 Å². The van der Waals surface area contributed by atoms with Gasteiger partial charge in [0, 0.05) is 36.8 Å². The molecular formula is C22H23N3O3S. The summed E-state index contributed by atoms with van der Waals surface area (Å²) in [5.41, 5.74) is 1.71. The molecule has 1 amide bonds. The maximum Gasteiger partial charge on any atom is 0.253 e. The predicted molar refractivity (Wildman–Crippen MR) is 112 cm³/mol. The normalized spacial score (nSPS) is 15.2. The summed E-state index contributed by atoms with van der Waals surface area (Å²) in [7, 11) is -3.56. The summed E-state index contributed by atoms with van der Waals surface area (Å²) in [4.78, 5) is 19.0. The number of rotatable bonds is 4. The van der Waals surface area contributed by atoms with Crippen molar-refractivity contribution in [3.05, 3.63) is 71.9 Å². The van der Waals surface area contributed by atoms with E-state index >= 15 is 0 Å². The average molecular weight is 410 g/mol. The van der Waals surface area contributed by atoms with Crippen LogP contribution in [0.5, 0.6) is 0 Å². The minimum absolute atomic E-state index is 0.0126. The monoisotopic (exact) mass is 409 g/mol. The second kappa shape index (κ2) is 8.31. The van der Waals surface area contributed by atoms with Crippen molar-refractivity contribution in [3.8, 4) is 0 Å². The van der Waals surface area contributed by atoms with Crippen LogP contribution in [-0.2, 0) is 15.6 Å². The van der Waals surface area contributed by atoms with Gasteiger partial charge in [-0.05, 0) is 42.8 Å². The standard InChI is InChI=1S/C22H23N3O3S/c26-22(25-14-3-11-23-13-15-25)19-9-7-17(8-10-19)16-29(27,28)20-6-1-4-18-5-2-12-24-21(18)20/h1-2,4-10,12,23H,3,11,13-16H2. The molecule has 1 aromatic heterocycles. The molecule has 29 heavy (non-hydrogen) atoms. The van der Waals surface area contributed by atoms with E-state index in [1.807, 2.05) is 17.0 Å². The number of nitrogens with zero attached hydrogens (tertiary/aromatic N) is 2. The Morgan fingerprint density at radius 3 is 2.62 bits per heavy atom. The fourth-order valence-electron chi connectivity index (χ4n) is 3.60. The molecule has 1 aliphatic heterocycles. The van der Waals surface area contributed by atoms with Crippen molar-refractivity contribution < 1.29 is 13.2 Å². The van der Waals surface area contributed by atoms with Crippen LogP contribution in [0.3, 0.4) is 0 Å². The lowest BCUT2D eigenvalue weighted by molar-refractivity contribution is 0.0766. The number of nitrogens with one attached hydrogen (secondary N) is 1. The topological polar surface area (TPSA) is 79.4 Å². The SMILES string of the molecule is O=C(c1ccc(CS(=O)(=O)c2cccc3cccnc23)cc1)N1CCCNCC1. The van der Waals surface area contributed by atoms with Gasteiger partial charge in [-0.2, -0.15) is 0 Å². The van der Waals surface area contributed by atoms with Crippen molar-refractivity contribution in [2.24, 2.45) is 0 Å². The van der Waals surface area contributed by atoms with E-state index in [-0.39, 0.29) is 16.6 Å². The first kappa shape index (κ1) is 19.5. The van der Waals surface area contributed by atoms with E-state index in [1.54, 1.807) is 48.7 Å². The molecule has 1 N–H and O–H groups in total. The van der Waals surface area contributed by atoms with Crippen molar-refractivity contribution >= 4 is 26.6 Å². The van der Waals surface area contributed by atoms with Crippen LogP contribution >= 0.6 is 0 Å². The third-order valence-corrected chi connectivity index (χ3v) is 6.83. The number of carbonyl (C=O) groups is 1. The third-order valence-electron chi connectivity index (χ3n) is 5.12. The molecule has 3 aromatic rings. The molecule has 4 rings (SSSR count). The smallest absolute Gasteiger partial charge is 0.253 e. The predicted octanol–water partition coefficient (Wildman–Crippen LogP) is 2.64. The van der Waals surface area contributed by atoms with E-state index in [1.165, 1.54) is 0 Å². The van der Waals surface area contributed by atoms with Gasteiger partial charge in [0.1, 0.15) is 0 Å². The number of fused-ring (bicyclic) bond motifs is 1. The van der Waals surface area contributed by atoms with Crippen LogP contribution in [0, 0.1) is 0 Å². The Morgan fingerprint density at radius 1 is 1.00 bits per heavy atom. The molecule has 7 heteroatoms. The van der Waals surface area contributed by atoms with Crippen LogP contribution in [0.2, 0.25) is 0 Å². The maximum atomic E-state index is 13.0. The van der Waals surface area contributed by atoms with Gasteiger partial charge in [0.2, 0.25) is 0 Å². The highest BCUT2D eigenvalue weighted by Gasteiger charge is 2.20. The van der Waals surface area contributed by atoms with Gasteiger partial charge < -0.3 is 10.2 Å². The number of para-hydroxylation sites is 1. The summed E-state index contributed by atoms with van der Waals surface area (Å²) >= 11 is 0. The fourth-order valence-corrected chi connectivity index (χ4v) is 5.14. The van der Waals surface area contributed by atoms with Crippen molar-refractivity contribution in [2.45, 2.75) is 17.1 Å². The van der Waals surface area contributed by atoms with Crippen LogP contribution in [0.4, 0.5) is 0 Å². The van der Waals surface area contributed by atoms with Crippen molar-refractivity contribution in [3.63, 3.8) is 0 Å². The lowest BCUT2D eigenvalue weighted by atomic mass is 10.1. The van der Waals surface area contributed by atoms with Crippen molar-refractivity contribution in [1.29, 1.82) is 0 Å². The molecular weight excluding hydrogens is 386 g/mol. The number of benzene rings is 2. The second-order valence-electron chi connectivity index (χ2n) is 7.18. The number of carbonyl (C=O) groups excluding carboxylic acids is 1. The van der Waals surface area contributed by atoms with Gasteiger partial charge in [0.25, 0.3) is 5.91 Å². The number of pyridine rings is 1. The summed E-state index contributed by atoms with van der Waals surface area (Å²) in [6.45, 7) is 3.13. The van der Waals surface area contributed by atoms with E-state index in [4.69, 9.17) is 0 Å². The minimum Gasteiger partial charge on any atom is -0.337 e. The lowest BCUT2D eigenvalue weighted by Crippen LogP contribution is -2.34. The number of sulfone groups is 1. The zero-order chi connectivity index (χ0) is 20.3. The molecule has 0 spiro atoms. The minimum atomic E-state index is -3.56. The molecule has 0 unspecified atom stereocenters. The van der Waals surface area contributed by atoms with E-state index in [2.05, 4.69) is 10.3 Å². The summed E-state index contributed by atoms with van der Waals surface area (Å²) in [6, 6.07) is 15.7. The van der Waals surface area contributed by atoms with Crippen LogP contribution < -0.4 is 5.32 Å². The van der Waals surface area contributed by atoms with Crippen LogP contribution in [-0.4, -0.2) is 50.4 Å². The second-order valence-corrected chi connectivity index (χ2v) is 9.14. The Balaban J connectivity index is 1.54. The summed E-state index contributed by atoms with van der Waals surface area (Å²) in [5.74, 6) is -0.147. The molecule has 0 bridgehead atoms. The molecule has 2 aromatic carbocycles. The van der Waals surface area contributed by atoms with E-state index in [0.29, 0.717) is 23.2 Å². The number of hydrogen-bond donors (Lipinski definition) is 1. The van der Waals surface area contributed by atoms with Crippen LogP contribution in [0.1, 0.15) is 22.3 Å². The van der Waals surface area contributed by atoms with Gasteiger partial charge in [-0.1, -0.05) is 30.3 Å². The summed E-state index contributed by atoms with van der Waals surface area (Å²) < 4.78 is 26.0. The first-order chi connectivity index (χ1) is 14.0. The molecule has 0 atom stereocenters. The Hall–Kier alpha value is -2.77. The Labute approximate surface area is 170 Å². The first-order valence-electron chi connectivity index (χ1n) is 9.70. The van der Waals surface area contributed by atoms with Gasteiger partial charge >= 0.3 is 0 Å². The molecule has 2 heterocycles. The Bertz CT molecular complexity index is 1110. The molecule has 6 nitrogen and oxygen atoms in total. The van der Waals surface area contributed by atoms with Gasteiger partial charge in [-0.15, -0.1) is 0 Å². The van der Waals surface area contributed by atoms with Gasteiger partial charge in [-0.25, -0.2) is 8.42 Å². The zero-order valence-corrected chi connectivity index (χ0v) is 16.9. The Kier molecular flexibility index (Phi) is 5.60. The highest BCUT2D eigenvalue weighted by molar-refractivity contribution is 7.90.